The first-order chi connectivity index (χ1) is 10.6. The molecule has 0 bridgehead atoms. The lowest BCUT2D eigenvalue weighted by Crippen LogP contribution is -2.23. The lowest BCUT2D eigenvalue weighted by Gasteiger charge is -2.21. The third-order valence-electron chi connectivity index (χ3n) is 3.95. The van der Waals surface area contributed by atoms with Crippen LogP contribution in [0.15, 0.2) is 47.3 Å². The van der Waals surface area contributed by atoms with Crippen LogP contribution in [0.25, 0.3) is 10.9 Å². The summed E-state index contributed by atoms with van der Waals surface area (Å²) in [7, 11) is 0. The zero-order chi connectivity index (χ0) is 15.3. The molecule has 0 saturated carbocycles. The number of rotatable bonds is 0. The first kappa shape index (κ1) is 14.1. The molecule has 0 fully saturated rings. The first-order valence-electron chi connectivity index (χ1n) is 6.86. The molecule has 22 heavy (non-hydrogen) atoms. The van der Waals surface area contributed by atoms with Crippen molar-refractivity contribution in [2.75, 3.05) is 0 Å². The molecule has 0 saturated heterocycles. The quantitative estimate of drug-likeness (QED) is 0.508. The third kappa shape index (κ3) is 2.13. The summed E-state index contributed by atoms with van der Waals surface area (Å²) in [6.07, 6.45) is 0. The van der Waals surface area contributed by atoms with Crippen LogP contribution in [0.1, 0.15) is 11.1 Å². The minimum atomic E-state index is -0.0490. The lowest BCUT2D eigenvalue weighted by atomic mass is 10.1. The number of nitrogens with zero attached hydrogens (tertiary/aromatic N) is 1. The van der Waals surface area contributed by atoms with E-state index in [0.717, 1.165) is 31.3 Å². The molecule has 0 amide bonds. The van der Waals surface area contributed by atoms with Gasteiger partial charge < -0.3 is 9.30 Å². The standard InChI is InChI=1S/C17H11ClINO2/c18-13-7-14(19)17-16-12(13)5-6-15(21)20(16)8-10-3-1-2-4-11(10)9-22-17/h1-7H,8-9H2. The van der Waals surface area contributed by atoms with E-state index in [1.165, 1.54) is 0 Å². The Kier molecular flexibility index (Phi) is 3.38. The predicted molar refractivity (Wildman–Crippen MR) is 95.8 cm³/mol. The summed E-state index contributed by atoms with van der Waals surface area (Å²) in [5, 5.41) is 1.48. The van der Waals surface area contributed by atoms with Crippen molar-refractivity contribution in [3.05, 3.63) is 72.5 Å². The van der Waals surface area contributed by atoms with Crippen molar-refractivity contribution in [2.45, 2.75) is 13.2 Å². The molecule has 0 spiro atoms. The van der Waals surface area contributed by atoms with E-state index >= 15 is 0 Å². The molecule has 2 heterocycles. The fourth-order valence-corrected chi connectivity index (χ4v) is 4.02. The van der Waals surface area contributed by atoms with E-state index in [9.17, 15) is 4.79 Å². The molecule has 0 aliphatic carbocycles. The number of pyridine rings is 1. The molecule has 2 aromatic carbocycles. The van der Waals surface area contributed by atoms with Gasteiger partial charge in [0.15, 0.2) is 5.75 Å². The van der Waals surface area contributed by atoms with Crippen molar-refractivity contribution < 1.29 is 4.74 Å². The van der Waals surface area contributed by atoms with Crippen LogP contribution in [0.4, 0.5) is 0 Å². The summed E-state index contributed by atoms with van der Waals surface area (Å²) in [6, 6.07) is 13.2. The second-order valence-electron chi connectivity index (χ2n) is 5.25. The maximum atomic E-state index is 12.4. The Morgan fingerprint density at radius 3 is 2.73 bits per heavy atom. The molecule has 5 heteroatoms. The molecule has 3 aromatic rings. The molecule has 110 valence electrons. The van der Waals surface area contributed by atoms with Crippen molar-refractivity contribution in [1.29, 1.82) is 0 Å². The SMILES string of the molecule is O=c1ccc2c(Cl)cc(I)c3c2n1Cc1ccccc1CO3. The Hall–Kier alpha value is -1.53. The number of fused-ring (bicyclic) bond motifs is 1. The minimum absolute atomic E-state index is 0.0490. The highest BCUT2D eigenvalue weighted by molar-refractivity contribution is 14.1. The number of ether oxygens (including phenoxy) is 1. The van der Waals surface area contributed by atoms with Crippen LogP contribution < -0.4 is 10.3 Å². The molecule has 1 aromatic heterocycles. The van der Waals surface area contributed by atoms with Gasteiger partial charge in [0.25, 0.3) is 5.56 Å². The van der Waals surface area contributed by atoms with E-state index in [1.807, 2.05) is 30.3 Å². The highest BCUT2D eigenvalue weighted by atomic mass is 127. The second kappa shape index (κ2) is 5.28. The van der Waals surface area contributed by atoms with Crippen LogP contribution >= 0.6 is 34.2 Å². The van der Waals surface area contributed by atoms with Crippen molar-refractivity contribution in [3.8, 4) is 5.75 Å². The van der Waals surface area contributed by atoms with Crippen molar-refractivity contribution in [1.82, 2.24) is 4.57 Å². The summed E-state index contributed by atoms with van der Waals surface area (Å²) in [6.45, 7) is 1.02. The van der Waals surface area contributed by atoms with Crippen LogP contribution in [0.2, 0.25) is 5.02 Å². The Morgan fingerprint density at radius 1 is 1.14 bits per heavy atom. The van der Waals surface area contributed by atoms with Crippen LogP contribution in [-0.4, -0.2) is 4.57 Å². The lowest BCUT2D eigenvalue weighted by molar-refractivity contribution is 0.302. The highest BCUT2D eigenvalue weighted by Crippen LogP contribution is 2.37. The van der Waals surface area contributed by atoms with Crippen LogP contribution in [0.5, 0.6) is 5.75 Å². The summed E-state index contributed by atoms with van der Waals surface area (Å²) in [4.78, 5) is 12.4. The summed E-state index contributed by atoms with van der Waals surface area (Å²) in [5.41, 5.74) is 2.92. The summed E-state index contributed by atoms with van der Waals surface area (Å²) >= 11 is 8.56. The number of benzene rings is 2. The van der Waals surface area contributed by atoms with E-state index in [2.05, 4.69) is 22.6 Å². The number of hydrogen-bond donors (Lipinski definition) is 0. The van der Waals surface area contributed by atoms with Gasteiger partial charge in [-0.2, -0.15) is 0 Å². The number of hydrogen-bond acceptors (Lipinski definition) is 2. The summed E-state index contributed by atoms with van der Waals surface area (Å²) in [5.74, 6) is 0.729. The smallest absolute Gasteiger partial charge is 0.251 e. The van der Waals surface area contributed by atoms with E-state index < -0.39 is 0 Å². The average Bonchev–Trinajstić information content (AvgIpc) is 2.48. The Morgan fingerprint density at radius 2 is 1.91 bits per heavy atom. The molecule has 0 atom stereocenters. The van der Waals surface area contributed by atoms with Crippen molar-refractivity contribution in [3.63, 3.8) is 0 Å². The molecular weight excluding hydrogens is 413 g/mol. The molecule has 0 unspecified atom stereocenters. The van der Waals surface area contributed by atoms with Crippen molar-refractivity contribution in [2.24, 2.45) is 0 Å². The van der Waals surface area contributed by atoms with E-state index in [4.69, 9.17) is 16.3 Å². The normalized spacial score (nSPS) is 13.2. The summed E-state index contributed by atoms with van der Waals surface area (Å²) < 4.78 is 8.70. The van der Waals surface area contributed by atoms with Gasteiger partial charge in [0.1, 0.15) is 6.61 Å². The fraction of sp³-hybridized carbons (Fsp3) is 0.118. The minimum Gasteiger partial charge on any atom is -0.486 e. The van der Waals surface area contributed by atoms with E-state index in [1.54, 1.807) is 16.7 Å². The zero-order valence-corrected chi connectivity index (χ0v) is 14.4. The predicted octanol–water partition coefficient (Wildman–Crippen LogP) is 4.20. The second-order valence-corrected chi connectivity index (χ2v) is 6.82. The van der Waals surface area contributed by atoms with Crippen LogP contribution in [0, 0.1) is 3.57 Å². The van der Waals surface area contributed by atoms with Gasteiger partial charge in [-0.25, -0.2) is 0 Å². The van der Waals surface area contributed by atoms with Gasteiger partial charge in [0, 0.05) is 11.5 Å². The van der Waals surface area contributed by atoms with Crippen LogP contribution in [0.3, 0.4) is 0 Å². The highest BCUT2D eigenvalue weighted by Gasteiger charge is 2.19. The van der Waals surface area contributed by atoms with E-state index in [-0.39, 0.29) is 5.56 Å². The number of aromatic nitrogens is 1. The van der Waals surface area contributed by atoms with Gasteiger partial charge in [-0.05, 0) is 45.9 Å². The Labute approximate surface area is 145 Å². The third-order valence-corrected chi connectivity index (χ3v) is 5.06. The Balaban J connectivity index is 2.12. The van der Waals surface area contributed by atoms with Gasteiger partial charge in [-0.15, -0.1) is 0 Å². The molecule has 4 rings (SSSR count). The monoisotopic (exact) mass is 423 g/mol. The van der Waals surface area contributed by atoms with Crippen molar-refractivity contribution >= 4 is 45.1 Å². The molecule has 1 aliphatic heterocycles. The Bertz CT molecular complexity index is 965. The molecule has 0 N–H and O–H groups in total. The van der Waals surface area contributed by atoms with Gasteiger partial charge in [0.2, 0.25) is 0 Å². The molecular formula is C17H11ClINO2. The molecule has 1 aliphatic rings. The molecule has 0 radical (unpaired) electrons. The average molecular weight is 424 g/mol. The van der Waals surface area contributed by atoms with Gasteiger partial charge >= 0.3 is 0 Å². The topological polar surface area (TPSA) is 31.2 Å². The van der Waals surface area contributed by atoms with Gasteiger partial charge in [-0.1, -0.05) is 35.9 Å². The van der Waals surface area contributed by atoms with E-state index in [0.29, 0.717) is 18.2 Å². The number of halogens is 2. The van der Waals surface area contributed by atoms with Gasteiger partial charge in [-0.3, -0.25) is 4.79 Å². The largest absolute Gasteiger partial charge is 0.486 e. The fourth-order valence-electron chi connectivity index (χ4n) is 2.85. The first-order valence-corrected chi connectivity index (χ1v) is 8.32. The zero-order valence-electron chi connectivity index (χ0n) is 11.5. The maximum Gasteiger partial charge on any atom is 0.251 e. The maximum absolute atomic E-state index is 12.4. The molecule has 3 nitrogen and oxygen atoms in total. The van der Waals surface area contributed by atoms with Gasteiger partial charge in [0.05, 0.1) is 20.7 Å². The van der Waals surface area contributed by atoms with Crippen LogP contribution in [-0.2, 0) is 13.2 Å².